The zero-order valence-electron chi connectivity index (χ0n) is 11.9. The van der Waals surface area contributed by atoms with Crippen LogP contribution >= 0.6 is 0 Å². The van der Waals surface area contributed by atoms with Crippen LogP contribution in [0.5, 0.6) is 0 Å². The average molecular weight is 256 g/mol. The Labute approximate surface area is 112 Å². The summed E-state index contributed by atoms with van der Waals surface area (Å²) >= 11 is 0. The number of hydrogen-bond donors (Lipinski definition) is 3. The molecule has 2 rings (SSSR count). The topological polar surface area (TPSA) is 41.3 Å². The van der Waals surface area contributed by atoms with Crippen LogP contribution in [0.2, 0.25) is 0 Å². The molecule has 2 heterocycles. The molecule has 18 heavy (non-hydrogen) atoms. The second-order valence-corrected chi connectivity index (χ2v) is 6.41. The molecule has 3 nitrogen and oxygen atoms in total. The van der Waals surface area contributed by atoms with Gasteiger partial charge < -0.3 is 15.3 Å². The summed E-state index contributed by atoms with van der Waals surface area (Å²) in [4.78, 5) is 1.62. The van der Waals surface area contributed by atoms with Crippen LogP contribution in [0.15, 0.2) is 0 Å². The molecule has 0 atom stereocenters. The molecule has 0 aromatic heterocycles. The number of nitrogens with one attached hydrogen (secondary N) is 1. The van der Waals surface area contributed by atoms with Crippen molar-refractivity contribution in [2.75, 3.05) is 39.3 Å². The standard InChI is InChI=1S/C15H30N2O/c18-13-12-17-10-6-15(7-11-17)3-1-2-14-4-8-16-9-5-14/h14-16,18H,1-13H2/p+2. The van der Waals surface area contributed by atoms with Crippen LogP contribution in [0.1, 0.15) is 44.9 Å². The Hall–Kier alpha value is -0.120. The van der Waals surface area contributed by atoms with Gasteiger partial charge in [0.05, 0.1) is 32.8 Å². The van der Waals surface area contributed by atoms with Crippen molar-refractivity contribution in [3.63, 3.8) is 0 Å². The van der Waals surface area contributed by atoms with Gasteiger partial charge >= 0.3 is 0 Å². The number of aliphatic hydroxyl groups excluding tert-OH is 1. The van der Waals surface area contributed by atoms with E-state index in [2.05, 4.69) is 5.32 Å². The molecular weight excluding hydrogens is 224 g/mol. The van der Waals surface area contributed by atoms with Gasteiger partial charge in [0.2, 0.25) is 0 Å². The van der Waals surface area contributed by atoms with Gasteiger partial charge in [-0.15, -0.1) is 0 Å². The number of piperidine rings is 2. The minimum absolute atomic E-state index is 0.360. The molecule has 3 heteroatoms. The van der Waals surface area contributed by atoms with Crippen LogP contribution in [-0.4, -0.2) is 44.4 Å². The van der Waals surface area contributed by atoms with Crippen LogP contribution in [0.3, 0.4) is 0 Å². The van der Waals surface area contributed by atoms with E-state index < -0.39 is 0 Å². The minimum Gasteiger partial charge on any atom is -0.391 e. The minimum atomic E-state index is 0.360. The summed E-state index contributed by atoms with van der Waals surface area (Å²) in [7, 11) is 0. The van der Waals surface area contributed by atoms with E-state index in [9.17, 15) is 0 Å². The van der Waals surface area contributed by atoms with E-state index in [1.54, 1.807) is 4.90 Å². The third kappa shape index (κ3) is 4.87. The predicted molar refractivity (Wildman–Crippen MR) is 73.6 cm³/mol. The monoisotopic (exact) mass is 256 g/mol. The van der Waals surface area contributed by atoms with Crippen LogP contribution in [0, 0.1) is 11.8 Å². The first kappa shape index (κ1) is 14.3. The lowest BCUT2D eigenvalue weighted by Crippen LogP contribution is -3.13. The Morgan fingerprint density at radius 1 is 0.944 bits per heavy atom. The van der Waals surface area contributed by atoms with Gasteiger partial charge in [0.15, 0.2) is 0 Å². The molecule has 0 spiro atoms. The molecule has 2 aliphatic rings. The van der Waals surface area contributed by atoms with E-state index in [1.807, 2.05) is 0 Å². The number of aliphatic hydroxyl groups is 1. The maximum absolute atomic E-state index is 8.95. The fourth-order valence-corrected chi connectivity index (χ4v) is 3.76. The molecule has 0 saturated carbocycles. The third-order valence-electron chi connectivity index (χ3n) is 5.06. The maximum atomic E-state index is 8.95. The van der Waals surface area contributed by atoms with Crippen LogP contribution < -0.4 is 10.2 Å². The Balaban J connectivity index is 1.52. The molecule has 4 N–H and O–H groups in total. The first-order valence-corrected chi connectivity index (χ1v) is 8.14. The van der Waals surface area contributed by atoms with E-state index in [4.69, 9.17) is 5.11 Å². The highest BCUT2D eigenvalue weighted by atomic mass is 16.3. The van der Waals surface area contributed by atoms with Crippen molar-refractivity contribution in [2.24, 2.45) is 11.8 Å². The highest BCUT2D eigenvalue weighted by molar-refractivity contribution is 4.66. The Kier molecular flexibility index (Phi) is 6.46. The lowest BCUT2D eigenvalue weighted by Gasteiger charge is -2.29. The zero-order chi connectivity index (χ0) is 12.6. The van der Waals surface area contributed by atoms with Gasteiger partial charge in [0.1, 0.15) is 6.54 Å². The van der Waals surface area contributed by atoms with Crippen LogP contribution in [0.4, 0.5) is 0 Å². The average Bonchev–Trinajstić information content (AvgIpc) is 2.42. The molecule has 0 radical (unpaired) electrons. The summed E-state index contributed by atoms with van der Waals surface area (Å²) in [5.41, 5.74) is 0. The SMILES string of the molecule is OCC[NH+]1CCC(CCCC2CC[NH2+]CC2)CC1. The van der Waals surface area contributed by atoms with Crippen molar-refractivity contribution in [2.45, 2.75) is 44.9 Å². The highest BCUT2D eigenvalue weighted by Crippen LogP contribution is 2.22. The van der Waals surface area contributed by atoms with E-state index in [0.717, 1.165) is 18.4 Å². The predicted octanol–water partition coefficient (Wildman–Crippen LogP) is -0.583. The Morgan fingerprint density at radius 2 is 1.56 bits per heavy atom. The lowest BCUT2D eigenvalue weighted by atomic mass is 9.87. The van der Waals surface area contributed by atoms with E-state index >= 15 is 0 Å². The van der Waals surface area contributed by atoms with Crippen molar-refractivity contribution >= 4 is 0 Å². The van der Waals surface area contributed by atoms with Crippen molar-refractivity contribution in [1.29, 1.82) is 0 Å². The van der Waals surface area contributed by atoms with Gasteiger partial charge in [0, 0.05) is 0 Å². The number of quaternary nitrogens is 2. The summed E-state index contributed by atoms with van der Waals surface area (Å²) in [6.45, 7) is 6.65. The number of likely N-dealkylation sites (tertiary alicyclic amines) is 1. The molecule has 2 saturated heterocycles. The molecule has 0 aromatic carbocycles. The van der Waals surface area contributed by atoms with Gasteiger partial charge in [-0.1, -0.05) is 19.3 Å². The van der Waals surface area contributed by atoms with Crippen molar-refractivity contribution in [3.05, 3.63) is 0 Å². The van der Waals surface area contributed by atoms with Crippen LogP contribution in [-0.2, 0) is 0 Å². The summed E-state index contributed by atoms with van der Waals surface area (Å²) in [5, 5.41) is 11.4. The molecule has 2 aliphatic heterocycles. The van der Waals surface area contributed by atoms with Crippen molar-refractivity contribution < 1.29 is 15.3 Å². The van der Waals surface area contributed by atoms with E-state index in [0.29, 0.717) is 6.61 Å². The molecule has 0 bridgehead atoms. The summed E-state index contributed by atoms with van der Waals surface area (Å²) < 4.78 is 0. The zero-order valence-corrected chi connectivity index (χ0v) is 11.9. The van der Waals surface area contributed by atoms with Crippen LogP contribution in [0.25, 0.3) is 0 Å². The fraction of sp³-hybridized carbons (Fsp3) is 1.00. The molecule has 106 valence electrons. The smallest absolute Gasteiger partial charge is 0.101 e. The highest BCUT2D eigenvalue weighted by Gasteiger charge is 2.22. The van der Waals surface area contributed by atoms with E-state index in [1.165, 1.54) is 71.1 Å². The first-order valence-electron chi connectivity index (χ1n) is 8.14. The van der Waals surface area contributed by atoms with Crippen molar-refractivity contribution in [3.8, 4) is 0 Å². The van der Waals surface area contributed by atoms with E-state index in [-0.39, 0.29) is 0 Å². The van der Waals surface area contributed by atoms with Gasteiger partial charge in [-0.05, 0) is 37.5 Å². The molecule has 0 aromatic rings. The lowest BCUT2D eigenvalue weighted by molar-refractivity contribution is -0.906. The van der Waals surface area contributed by atoms with Gasteiger partial charge in [-0.25, -0.2) is 0 Å². The number of nitrogens with two attached hydrogens (primary N) is 1. The van der Waals surface area contributed by atoms with Gasteiger partial charge in [0.25, 0.3) is 0 Å². The largest absolute Gasteiger partial charge is 0.391 e. The molecule has 0 aliphatic carbocycles. The summed E-state index contributed by atoms with van der Waals surface area (Å²) in [5.74, 6) is 2.03. The Bertz CT molecular complexity index is 209. The fourth-order valence-electron chi connectivity index (χ4n) is 3.76. The third-order valence-corrected chi connectivity index (χ3v) is 5.06. The first-order chi connectivity index (χ1) is 8.88. The Morgan fingerprint density at radius 3 is 2.17 bits per heavy atom. The second-order valence-electron chi connectivity index (χ2n) is 6.41. The number of rotatable bonds is 6. The molecule has 0 amide bonds. The van der Waals surface area contributed by atoms with Gasteiger partial charge in [-0.2, -0.15) is 0 Å². The van der Waals surface area contributed by atoms with Crippen molar-refractivity contribution in [1.82, 2.24) is 0 Å². The van der Waals surface area contributed by atoms with Gasteiger partial charge in [-0.3, -0.25) is 0 Å². The number of hydrogen-bond acceptors (Lipinski definition) is 1. The molecule has 0 unspecified atom stereocenters. The second kappa shape index (κ2) is 8.13. The summed E-state index contributed by atoms with van der Waals surface area (Å²) in [6.07, 6.45) is 10.1. The summed E-state index contributed by atoms with van der Waals surface area (Å²) in [6, 6.07) is 0. The maximum Gasteiger partial charge on any atom is 0.101 e. The normalized spacial score (nSPS) is 30.5. The quantitative estimate of drug-likeness (QED) is 0.585. The molecule has 2 fully saturated rings. The molecular formula is C15H32N2O+2.